The summed E-state index contributed by atoms with van der Waals surface area (Å²) in [4.78, 5) is 12.3. The Kier molecular flexibility index (Phi) is 4.92. The number of nitrogens with two attached hydrogens (primary N) is 1. The molecule has 0 bridgehead atoms. The summed E-state index contributed by atoms with van der Waals surface area (Å²) in [6.45, 7) is 0. The van der Waals surface area contributed by atoms with Crippen LogP contribution in [-0.4, -0.2) is 10.9 Å². The molecule has 0 saturated heterocycles. The third-order valence-electron chi connectivity index (χ3n) is 2.68. The van der Waals surface area contributed by atoms with Crippen LogP contribution in [0.25, 0.3) is 0 Å². The van der Waals surface area contributed by atoms with Gasteiger partial charge in [0.15, 0.2) is 0 Å². The molecular weight excluding hydrogens is 379 g/mol. The van der Waals surface area contributed by atoms with Crippen LogP contribution >= 0.6 is 39.7 Å². The molecule has 108 valence electrons. The number of carbonyl (C=O) groups excluding carboxylic acids is 1. The van der Waals surface area contributed by atoms with Gasteiger partial charge in [0.1, 0.15) is 10.8 Å². The molecule has 3 nitrogen and oxygen atoms in total. The fourth-order valence-corrected chi connectivity index (χ4v) is 2.39. The van der Waals surface area contributed by atoms with Crippen molar-refractivity contribution in [2.75, 3.05) is 5.32 Å². The first-order chi connectivity index (χ1) is 9.88. The number of amides is 1. The van der Waals surface area contributed by atoms with Gasteiger partial charge in [0.2, 0.25) is 0 Å². The van der Waals surface area contributed by atoms with E-state index in [4.69, 9.17) is 29.6 Å². The minimum Gasteiger partial charge on any atom is -0.389 e. The summed E-state index contributed by atoms with van der Waals surface area (Å²) in [5, 5.41) is 2.58. The monoisotopic (exact) mass is 386 g/mol. The molecule has 0 radical (unpaired) electrons. The van der Waals surface area contributed by atoms with Crippen molar-refractivity contribution < 1.29 is 9.18 Å². The van der Waals surface area contributed by atoms with Gasteiger partial charge in [-0.1, -0.05) is 23.8 Å². The maximum atomic E-state index is 13.1. The normalized spacial score (nSPS) is 10.2. The minimum atomic E-state index is -0.574. The van der Waals surface area contributed by atoms with Gasteiger partial charge in [0, 0.05) is 15.6 Å². The number of benzene rings is 2. The number of nitrogens with one attached hydrogen (secondary N) is 1. The molecule has 3 N–H and O–H groups in total. The van der Waals surface area contributed by atoms with Crippen molar-refractivity contribution in [2.45, 2.75) is 0 Å². The molecule has 0 aliphatic heterocycles. The van der Waals surface area contributed by atoms with Crippen molar-refractivity contribution >= 4 is 56.3 Å². The van der Waals surface area contributed by atoms with E-state index in [0.29, 0.717) is 15.7 Å². The van der Waals surface area contributed by atoms with Gasteiger partial charge in [-0.15, -0.1) is 0 Å². The molecule has 0 atom stereocenters. The van der Waals surface area contributed by atoms with Gasteiger partial charge >= 0.3 is 0 Å². The SMILES string of the molecule is NC(=S)c1ccc(NC(=O)c2ccc(F)c(Cl)c2)c(Br)c1. The van der Waals surface area contributed by atoms with Crippen molar-refractivity contribution in [3.05, 3.63) is 62.8 Å². The summed E-state index contributed by atoms with van der Waals surface area (Å²) < 4.78 is 13.7. The van der Waals surface area contributed by atoms with Gasteiger partial charge in [-0.25, -0.2) is 4.39 Å². The zero-order chi connectivity index (χ0) is 15.6. The van der Waals surface area contributed by atoms with Crippen LogP contribution in [0.5, 0.6) is 0 Å². The van der Waals surface area contributed by atoms with Gasteiger partial charge in [-0.05, 0) is 52.3 Å². The second-order valence-corrected chi connectivity index (χ2v) is 5.84. The maximum Gasteiger partial charge on any atom is 0.255 e. The van der Waals surface area contributed by atoms with E-state index in [1.807, 2.05) is 0 Å². The third-order valence-corrected chi connectivity index (χ3v) is 3.87. The van der Waals surface area contributed by atoms with E-state index in [9.17, 15) is 9.18 Å². The van der Waals surface area contributed by atoms with E-state index in [2.05, 4.69) is 21.2 Å². The first-order valence-corrected chi connectivity index (χ1v) is 7.32. The molecule has 0 spiro atoms. The molecule has 0 aromatic heterocycles. The van der Waals surface area contributed by atoms with Gasteiger partial charge in [-0.3, -0.25) is 4.79 Å². The molecule has 0 aliphatic carbocycles. The summed E-state index contributed by atoms with van der Waals surface area (Å²) in [5.41, 5.74) is 7.01. The van der Waals surface area contributed by atoms with Gasteiger partial charge in [0.05, 0.1) is 10.7 Å². The Hall–Kier alpha value is -1.50. The molecule has 0 heterocycles. The first-order valence-electron chi connectivity index (χ1n) is 5.74. The predicted molar refractivity (Wildman–Crippen MR) is 89.4 cm³/mol. The van der Waals surface area contributed by atoms with E-state index in [-0.39, 0.29) is 15.6 Å². The molecule has 0 fully saturated rings. The highest BCUT2D eigenvalue weighted by Crippen LogP contribution is 2.25. The van der Waals surface area contributed by atoms with Crippen LogP contribution < -0.4 is 11.1 Å². The topological polar surface area (TPSA) is 55.1 Å². The van der Waals surface area contributed by atoms with Gasteiger partial charge < -0.3 is 11.1 Å². The summed E-state index contributed by atoms with van der Waals surface area (Å²) in [6.07, 6.45) is 0. The minimum absolute atomic E-state index is 0.106. The second-order valence-electron chi connectivity index (χ2n) is 4.14. The van der Waals surface area contributed by atoms with E-state index in [0.717, 1.165) is 6.07 Å². The van der Waals surface area contributed by atoms with Crippen molar-refractivity contribution in [3.8, 4) is 0 Å². The Morgan fingerprint density at radius 2 is 1.90 bits per heavy atom. The lowest BCUT2D eigenvalue weighted by atomic mass is 10.2. The zero-order valence-electron chi connectivity index (χ0n) is 10.5. The van der Waals surface area contributed by atoms with Crippen LogP contribution in [0.3, 0.4) is 0 Å². The van der Waals surface area contributed by atoms with Crippen molar-refractivity contribution in [1.29, 1.82) is 0 Å². The van der Waals surface area contributed by atoms with Gasteiger partial charge in [-0.2, -0.15) is 0 Å². The molecule has 0 aliphatic rings. The summed E-state index contributed by atoms with van der Waals surface area (Å²) in [6, 6.07) is 8.83. The Morgan fingerprint density at radius 1 is 1.24 bits per heavy atom. The summed E-state index contributed by atoms with van der Waals surface area (Å²) >= 11 is 13.9. The lowest BCUT2D eigenvalue weighted by Crippen LogP contribution is -2.13. The highest BCUT2D eigenvalue weighted by Gasteiger charge is 2.11. The Bertz CT molecular complexity index is 739. The molecule has 1 amide bonds. The quantitative estimate of drug-likeness (QED) is 0.779. The van der Waals surface area contributed by atoms with Crippen molar-refractivity contribution in [2.24, 2.45) is 5.73 Å². The fraction of sp³-hybridized carbons (Fsp3) is 0. The number of halogens is 3. The first kappa shape index (κ1) is 15.9. The Balaban J connectivity index is 2.23. The predicted octanol–water partition coefficient (Wildman–Crippen LogP) is 4.13. The molecule has 2 aromatic carbocycles. The van der Waals surface area contributed by atoms with Crippen molar-refractivity contribution in [1.82, 2.24) is 0 Å². The van der Waals surface area contributed by atoms with Crippen LogP contribution in [0.1, 0.15) is 15.9 Å². The number of anilines is 1. The molecule has 21 heavy (non-hydrogen) atoms. The Morgan fingerprint density at radius 3 is 2.48 bits per heavy atom. The van der Waals surface area contributed by atoms with Gasteiger partial charge in [0.25, 0.3) is 5.91 Å². The number of thiocarbonyl (C=S) groups is 1. The smallest absolute Gasteiger partial charge is 0.255 e. The van der Waals surface area contributed by atoms with Crippen LogP contribution in [0, 0.1) is 5.82 Å². The molecular formula is C14H9BrClFN2OS. The van der Waals surface area contributed by atoms with Crippen LogP contribution in [-0.2, 0) is 0 Å². The average Bonchev–Trinajstić information content (AvgIpc) is 2.43. The zero-order valence-corrected chi connectivity index (χ0v) is 13.7. The molecule has 0 saturated carbocycles. The number of hydrogen-bond donors (Lipinski definition) is 2. The summed E-state index contributed by atoms with van der Waals surface area (Å²) in [5.74, 6) is -0.976. The molecule has 2 aromatic rings. The van der Waals surface area contributed by atoms with E-state index in [1.54, 1.807) is 18.2 Å². The van der Waals surface area contributed by atoms with Crippen molar-refractivity contribution in [3.63, 3.8) is 0 Å². The van der Waals surface area contributed by atoms with E-state index in [1.165, 1.54) is 12.1 Å². The van der Waals surface area contributed by atoms with Crippen LogP contribution in [0.2, 0.25) is 5.02 Å². The molecule has 7 heteroatoms. The fourth-order valence-electron chi connectivity index (χ4n) is 1.60. The molecule has 0 unspecified atom stereocenters. The second kappa shape index (κ2) is 6.51. The Labute approximate surface area is 139 Å². The standard InChI is InChI=1S/C14H9BrClFN2OS/c15-9-5-7(13(18)21)2-4-12(9)19-14(20)8-1-3-11(17)10(16)6-8/h1-6H,(H2,18,21)(H,19,20). The molecule has 2 rings (SSSR count). The maximum absolute atomic E-state index is 13.1. The lowest BCUT2D eigenvalue weighted by molar-refractivity contribution is 0.102. The van der Waals surface area contributed by atoms with Crippen LogP contribution in [0.4, 0.5) is 10.1 Å². The number of hydrogen-bond acceptors (Lipinski definition) is 2. The third kappa shape index (κ3) is 3.78. The van der Waals surface area contributed by atoms with E-state index < -0.39 is 11.7 Å². The average molecular weight is 388 g/mol. The lowest BCUT2D eigenvalue weighted by Gasteiger charge is -2.09. The highest BCUT2D eigenvalue weighted by molar-refractivity contribution is 9.10. The van der Waals surface area contributed by atoms with Crippen LogP contribution in [0.15, 0.2) is 40.9 Å². The summed E-state index contributed by atoms with van der Waals surface area (Å²) in [7, 11) is 0. The largest absolute Gasteiger partial charge is 0.389 e. The number of carbonyl (C=O) groups is 1. The van der Waals surface area contributed by atoms with E-state index >= 15 is 0 Å². The number of rotatable bonds is 3. The highest BCUT2D eigenvalue weighted by atomic mass is 79.9.